The Balaban J connectivity index is 1.12. The van der Waals surface area contributed by atoms with Crippen LogP contribution < -0.4 is 10.6 Å². The number of amides is 2. The molecule has 0 aromatic heterocycles. The summed E-state index contributed by atoms with van der Waals surface area (Å²) in [5.74, 6) is -0.591. The van der Waals surface area contributed by atoms with E-state index in [0.717, 1.165) is 68.9 Å². The second-order valence-electron chi connectivity index (χ2n) is 10.3. The minimum Gasteiger partial charge on any atom is -0.377 e. The maximum atomic E-state index is 12.9. The van der Waals surface area contributed by atoms with Gasteiger partial charge in [-0.3, -0.25) is 19.8 Å². The Labute approximate surface area is 226 Å². The van der Waals surface area contributed by atoms with E-state index >= 15 is 0 Å². The number of likely N-dealkylation sites (tertiary alicyclic amines) is 1. The Morgan fingerprint density at radius 3 is 2.38 bits per heavy atom. The van der Waals surface area contributed by atoms with E-state index in [1.165, 1.54) is 12.1 Å². The van der Waals surface area contributed by atoms with Gasteiger partial charge in [0.1, 0.15) is 6.23 Å². The zero-order chi connectivity index (χ0) is 28.0. The van der Waals surface area contributed by atoms with Gasteiger partial charge in [-0.15, -0.1) is 0 Å². The first-order valence-electron chi connectivity index (χ1n) is 13.3. The predicted octanol–water partition coefficient (Wildman–Crippen LogP) is 2.18. The molecule has 0 aliphatic carbocycles. The van der Waals surface area contributed by atoms with E-state index in [4.69, 9.17) is 0 Å². The molecule has 2 aromatic rings. The number of hydrogen-bond donors (Lipinski definition) is 3. The molecule has 2 aliphatic heterocycles. The third kappa shape index (κ3) is 8.25. The molecule has 2 atom stereocenters. The van der Waals surface area contributed by atoms with Crippen molar-refractivity contribution in [3.8, 4) is 0 Å². The number of halogens is 3. The molecule has 3 N–H and O–H groups in total. The van der Waals surface area contributed by atoms with Crippen molar-refractivity contribution in [3.05, 3.63) is 70.8 Å². The number of nitrogens with one attached hydrogen (secondary N) is 2. The first kappa shape index (κ1) is 29.0. The lowest BCUT2D eigenvalue weighted by atomic mass is 10.1. The zero-order valence-corrected chi connectivity index (χ0v) is 22.1. The predicted molar refractivity (Wildman–Crippen MR) is 141 cm³/mol. The van der Waals surface area contributed by atoms with E-state index in [1.54, 1.807) is 0 Å². The summed E-state index contributed by atoms with van der Waals surface area (Å²) >= 11 is 0. The van der Waals surface area contributed by atoms with Crippen LogP contribution in [0.15, 0.2) is 48.5 Å². The van der Waals surface area contributed by atoms with E-state index in [1.807, 2.05) is 36.1 Å². The number of hydrogen-bond acceptors (Lipinski definition) is 6. The van der Waals surface area contributed by atoms with Crippen LogP contribution in [0.2, 0.25) is 0 Å². The number of piperazine rings is 1. The lowest BCUT2D eigenvalue weighted by Crippen LogP contribution is -2.50. The number of aryl methyl sites for hydroxylation is 1. The lowest BCUT2D eigenvalue weighted by molar-refractivity contribution is -0.137. The van der Waals surface area contributed by atoms with E-state index in [0.29, 0.717) is 13.1 Å². The monoisotopic (exact) mass is 547 g/mol. The molecule has 8 nitrogen and oxygen atoms in total. The van der Waals surface area contributed by atoms with Gasteiger partial charge in [0.2, 0.25) is 0 Å². The number of benzene rings is 2. The zero-order valence-electron chi connectivity index (χ0n) is 22.1. The van der Waals surface area contributed by atoms with Crippen molar-refractivity contribution in [3.63, 3.8) is 0 Å². The fraction of sp³-hybridized carbons (Fsp3) is 0.500. The fourth-order valence-corrected chi connectivity index (χ4v) is 5.05. The highest BCUT2D eigenvalue weighted by atomic mass is 19.4. The summed E-state index contributed by atoms with van der Waals surface area (Å²) < 4.78 is 38.6. The van der Waals surface area contributed by atoms with Gasteiger partial charge in [-0.05, 0) is 50.2 Å². The van der Waals surface area contributed by atoms with Crippen molar-refractivity contribution in [2.75, 3.05) is 58.9 Å². The standard InChI is InChI=1S/C28H36F3N5O3/c1-20-4-2-6-22(16-20)27(39)36-14-12-34(13-15-36)10-11-35-9-8-24(19-35)33-25(37)18-32-26(38)21-5-3-7-23(17-21)28(29,30)31/h2-7,16-17,24-25,33,37H,8-15,18-19H2,1H3,(H,32,38)/t24-,25?/m1/s1. The van der Waals surface area contributed by atoms with Crippen molar-refractivity contribution >= 4 is 11.8 Å². The average molecular weight is 548 g/mol. The molecular formula is C28H36F3N5O3. The molecule has 2 heterocycles. The first-order valence-corrected chi connectivity index (χ1v) is 13.3. The molecule has 4 rings (SSSR count). The van der Waals surface area contributed by atoms with Crippen LogP contribution in [0.25, 0.3) is 0 Å². The summed E-state index contributed by atoms with van der Waals surface area (Å²) in [6.07, 6.45) is -4.69. The Morgan fingerprint density at radius 2 is 1.67 bits per heavy atom. The number of aliphatic hydroxyl groups excluding tert-OH is 1. The molecule has 1 unspecified atom stereocenters. The molecule has 2 aliphatic rings. The van der Waals surface area contributed by atoms with Gasteiger partial charge < -0.3 is 20.2 Å². The second-order valence-corrected chi connectivity index (χ2v) is 10.3. The molecule has 11 heteroatoms. The molecule has 0 saturated carbocycles. The summed E-state index contributed by atoms with van der Waals surface area (Å²) in [6, 6.07) is 11.9. The topological polar surface area (TPSA) is 88.2 Å². The maximum absolute atomic E-state index is 12.9. The van der Waals surface area contributed by atoms with Crippen LogP contribution in [-0.2, 0) is 6.18 Å². The Morgan fingerprint density at radius 1 is 0.974 bits per heavy atom. The summed E-state index contributed by atoms with van der Waals surface area (Å²) in [4.78, 5) is 31.6. The van der Waals surface area contributed by atoms with Crippen LogP contribution in [0.3, 0.4) is 0 Å². The van der Waals surface area contributed by atoms with Gasteiger partial charge in [-0.2, -0.15) is 13.2 Å². The molecule has 2 aromatic carbocycles. The molecule has 0 radical (unpaired) electrons. The smallest absolute Gasteiger partial charge is 0.377 e. The van der Waals surface area contributed by atoms with E-state index < -0.39 is 23.9 Å². The molecule has 212 valence electrons. The third-order valence-electron chi connectivity index (χ3n) is 7.27. The molecule has 0 bridgehead atoms. The number of rotatable bonds is 9. The summed E-state index contributed by atoms with van der Waals surface area (Å²) in [7, 11) is 0. The normalized spacial score (nSPS) is 19.7. The Kier molecular flexibility index (Phi) is 9.60. The van der Waals surface area contributed by atoms with E-state index in [9.17, 15) is 27.9 Å². The van der Waals surface area contributed by atoms with Gasteiger partial charge in [-0.25, -0.2) is 0 Å². The van der Waals surface area contributed by atoms with Crippen molar-refractivity contribution in [2.45, 2.75) is 31.8 Å². The van der Waals surface area contributed by atoms with Crippen LogP contribution >= 0.6 is 0 Å². The molecule has 2 saturated heterocycles. The summed E-state index contributed by atoms with van der Waals surface area (Å²) in [6.45, 7) is 8.35. The number of aliphatic hydroxyl groups is 1. The molecule has 39 heavy (non-hydrogen) atoms. The number of alkyl halides is 3. The largest absolute Gasteiger partial charge is 0.416 e. The highest BCUT2D eigenvalue weighted by Gasteiger charge is 2.31. The van der Waals surface area contributed by atoms with Gasteiger partial charge in [0.25, 0.3) is 11.8 Å². The quantitative estimate of drug-likeness (QED) is 0.418. The number of carbonyl (C=O) groups excluding carboxylic acids is 2. The van der Waals surface area contributed by atoms with E-state index in [-0.39, 0.29) is 24.1 Å². The SMILES string of the molecule is Cc1cccc(C(=O)N2CCN(CCN3CC[C@@H](NC(O)CNC(=O)c4cccc(C(F)(F)F)c4)C3)CC2)c1. The van der Waals surface area contributed by atoms with Gasteiger partial charge in [-0.1, -0.05) is 23.8 Å². The highest BCUT2D eigenvalue weighted by molar-refractivity contribution is 5.95. The molecular weight excluding hydrogens is 511 g/mol. The van der Waals surface area contributed by atoms with Crippen LogP contribution in [-0.4, -0.2) is 103 Å². The second kappa shape index (κ2) is 12.9. The van der Waals surface area contributed by atoms with Gasteiger partial charge in [0, 0.05) is 63.0 Å². The third-order valence-corrected chi connectivity index (χ3v) is 7.27. The summed E-state index contributed by atoms with van der Waals surface area (Å²) in [5, 5.41) is 15.9. The molecule has 0 spiro atoms. The van der Waals surface area contributed by atoms with Crippen LogP contribution in [0.5, 0.6) is 0 Å². The first-order chi connectivity index (χ1) is 18.6. The lowest BCUT2D eigenvalue weighted by Gasteiger charge is -2.35. The van der Waals surface area contributed by atoms with Crippen molar-refractivity contribution in [1.82, 2.24) is 25.3 Å². The molecule has 2 fully saturated rings. The average Bonchev–Trinajstić information content (AvgIpc) is 3.37. The minimum atomic E-state index is -4.53. The van der Waals surface area contributed by atoms with Crippen LogP contribution in [0, 0.1) is 6.92 Å². The van der Waals surface area contributed by atoms with Gasteiger partial charge in [0.15, 0.2) is 0 Å². The van der Waals surface area contributed by atoms with Gasteiger partial charge in [0.05, 0.1) is 12.1 Å². The van der Waals surface area contributed by atoms with E-state index in [2.05, 4.69) is 20.4 Å². The minimum absolute atomic E-state index is 0.0502. The van der Waals surface area contributed by atoms with Crippen molar-refractivity contribution < 1.29 is 27.9 Å². The van der Waals surface area contributed by atoms with Gasteiger partial charge >= 0.3 is 6.18 Å². The maximum Gasteiger partial charge on any atom is 0.416 e. The Bertz CT molecular complexity index is 1140. The number of nitrogens with zero attached hydrogens (tertiary/aromatic N) is 3. The number of carbonyl (C=O) groups is 2. The fourth-order valence-electron chi connectivity index (χ4n) is 5.05. The highest BCUT2D eigenvalue weighted by Crippen LogP contribution is 2.29. The van der Waals surface area contributed by atoms with Crippen molar-refractivity contribution in [1.29, 1.82) is 0 Å². The van der Waals surface area contributed by atoms with Crippen LogP contribution in [0.4, 0.5) is 13.2 Å². The summed E-state index contributed by atoms with van der Waals surface area (Å²) in [5.41, 5.74) is 0.809. The van der Waals surface area contributed by atoms with Crippen molar-refractivity contribution in [2.24, 2.45) is 0 Å². The molecule has 2 amide bonds. The van der Waals surface area contributed by atoms with Crippen LogP contribution in [0.1, 0.15) is 38.3 Å². The Hall–Kier alpha value is -2.99.